The zero-order valence-corrected chi connectivity index (χ0v) is 17.1. The lowest BCUT2D eigenvalue weighted by Crippen LogP contribution is -2.36. The molecular formula is C15H24N6OS3. The van der Waals surface area contributed by atoms with Crippen molar-refractivity contribution in [2.45, 2.75) is 12.3 Å². The van der Waals surface area contributed by atoms with Gasteiger partial charge in [0.2, 0.25) is 0 Å². The van der Waals surface area contributed by atoms with E-state index in [0.29, 0.717) is 0 Å². The molecule has 2 aromatic heterocycles. The van der Waals surface area contributed by atoms with E-state index >= 15 is 0 Å². The first kappa shape index (κ1) is 18.8. The van der Waals surface area contributed by atoms with Crippen LogP contribution in [0.4, 0.5) is 11.6 Å². The van der Waals surface area contributed by atoms with Crippen LogP contribution in [-0.2, 0) is 17.0 Å². The number of thioether (sulfide) groups is 1. The molecule has 1 aliphatic heterocycles. The van der Waals surface area contributed by atoms with Crippen molar-refractivity contribution in [2.24, 2.45) is 0 Å². The van der Waals surface area contributed by atoms with Gasteiger partial charge in [-0.15, -0.1) is 11.3 Å². The van der Waals surface area contributed by atoms with E-state index in [1.807, 2.05) is 11.8 Å². The van der Waals surface area contributed by atoms with E-state index < -0.39 is 0 Å². The average Bonchev–Trinajstić information content (AvgIpc) is 3.24. The van der Waals surface area contributed by atoms with Gasteiger partial charge in [-0.3, -0.25) is 0 Å². The van der Waals surface area contributed by atoms with Crippen LogP contribution in [0.5, 0.6) is 0 Å². The Kier molecular flexibility index (Phi) is 7.29. The smallest absolute Gasteiger partial charge is 0.187 e. The summed E-state index contributed by atoms with van der Waals surface area (Å²) >= 11 is 4.90. The molecule has 1 saturated heterocycles. The third-order valence-electron chi connectivity index (χ3n) is 3.62. The predicted molar refractivity (Wildman–Crippen MR) is 107 cm³/mol. The van der Waals surface area contributed by atoms with Crippen molar-refractivity contribution in [3.63, 3.8) is 0 Å². The van der Waals surface area contributed by atoms with Crippen LogP contribution < -0.4 is 10.2 Å². The molecule has 0 aromatic carbocycles. The standard InChI is InChI=1S/C15H24N6OS3/c1-20(2)9-13-17-12(11-24-13)10-23-8-3-16-14-15(19-25-18-14)21-4-6-22-7-5-21/h11H,3-10H2,1-2H3,(H,16,18). The van der Waals surface area contributed by atoms with Crippen LogP contribution in [0.2, 0.25) is 0 Å². The summed E-state index contributed by atoms with van der Waals surface area (Å²) in [6.45, 7) is 5.08. The van der Waals surface area contributed by atoms with Gasteiger partial charge in [-0.1, -0.05) is 0 Å². The molecule has 10 heteroatoms. The maximum absolute atomic E-state index is 5.40. The van der Waals surface area contributed by atoms with Crippen LogP contribution in [-0.4, -0.2) is 71.3 Å². The molecule has 0 spiro atoms. The zero-order valence-electron chi connectivity index (χ0n) is 14.6. The van der Waals surface area contributed by atoms with Crippen molar-refractivity contribution < 1.29 is 4.74 Å². The number of hydrogen-bond acceptors (Lipinski definition) is 10. The quantitative estimate of drug-likeness (QED) is 0.643. The Balaban J connectivity index is 1.37. The summed E-state index contributed by atoms with van der Waals surface area (Å²) in [4.78, 5) is 9.06. The number of nitrogens with one attached hydrogen (secondary N) is 1. The molecule has 0 radical (unpaired) electrons. The number of rotatable bonds is 9. The number of nitrogens with zero attached hydrogens (tertiary/aromatic N) is 5. The fourth-order valence-corrected chi connectivity index (χ4v) is 4.77. The zero-order chi connectivity index (χ0) is 17.5. The van der Waals surface area contributed by atoms with Crippen molar-refractivity contribution in [1.29, 1.82) is 0 Å². The maximum atomic E-state index is 5.40. The topological polar surface area (TPSA) is 66.4 Å². The van der Waals surface area contributed by atoms with Crippen molar-refractivity contribution >= 4 is 46.5 Å². The van der Waals surface area contributed by atoms with Gasteiger partial charge >= 0.3 is 0 Å². The molecule has 1 aliphatic rings. The third-order valence-corrected chi connectivity index (χ3v) is 6.02. The molecular weight excluding hydrogens is 376 g/mol. The molecule has 0 aliphatic carbocycles. The highest BCUT2D eigenvalue weighted by Gasteiger charge is 2.18. The number of aromatic nitrogens is 3. The Morgan fingerprint density at radius 1 is 1.32 bits per heavy atom. The van der Waals surface area contributed by atoms with Gasteiger partial charge in [0.25, 0.3) is 0 Å². The molecule has 7 nitrogen and oxygen atoms in total. The average molecular weight is 401 g/mol. The fourth-order valence-electron chi connectivity index (χ4n) is 2.45. The largest absolute Gasteiger partial charge is 0.378 e. The minimum atomic E-state index is 0.760. The summed E-state index contributed by atoms with van der Waals surface area (Å²) in [6, 6.07) is 0. The Labute approximate surface area is 161 Å². The van der Waals surface area contributed by atoms with E-state index in [0.717, 1.165) is 62.5 Å². The van der Waals surface area contributed by atoms with Crippen LogP contribution in [0.1, 0.15) is 10.7 Å². The molecule has 1 N–H and O–H groups in total. The Bertz CT molecular complexity index is 641. The first-order valence-corrected chi connectivity index (χ1v) is 11.0. The molecule has 138 valence electrons. The van der Waals surface area contributed by atoms with Crippen LogP contribution >= 0.6 is 34.8 Å². The summed E-state index contributed by atoms with van der Waals surface area (Å²) in [7, 11) is 4.14. The molecule has 1 fully saturated rings. The number of thiazole rings is 1. The molecule has 0 bridgehead atoms. The Morgan fingerprint density at radius 2 is 2.16 bits per heavy atom. The fraction of sp³-hybridized carbons (Fsp3) is 0.667. The highest BCUT2D eigenvalue weighted by Crippen LogP contribution is 2.24. The van der Waals surface area contributed by atoms with E-state index in [1.54, 1.807) is 11.3 Å². The van der Waals surface area contributed by atoms with Crippen LogP contribution in [0.25, 0.3) is 0 Å². The van der Waals surface area contributed by atoms with Gasteiger partial charge in [0.15, 0.2) is 11.6 Å². The Morgan fingerprint density at radius 3 is 2.96 bits per heavy atom. The minimum Gasteiger partial charge on any atom is -0.378 e. The summed E-state index contributed by atoms with van der Waals surface area (Å²) in [5.41, 5.74) is 1.18. The molecule has 2 aromatic rings. The molecule has 3 rings (SSSR count). The number of ether oxygens (including phenoxy) is 1. The molecule has 0 saturated carbocycles. The predicted octanol–water partition coefficient (Wildman–Crippen LogP) is 2.24. The molecule has 0 amide bonds. The van der Waals surface area contributed by atoms with Gasteiger partial charge < -0.3 is 19.9 Å². The lowest BCUT2D eigenvalue weighted by molar-refractivity contribution is 0.122. The van der Waals surface area contributed by atoms with Crippen LogP contribution in [0.15, 0.2) is 5.38 Å². The highest BCUT2D eigenvalue weighted by atomic mass is 32.2. The van der Waals surface area contributed by atoms with Crippen LogP contribution in [0, 0.1) is 0 Å². The SMILES string of the molecule is CN(C)Cc1nc(CSCCNc2nsnc2N2CCOCC2)cs1. The summed E-state index contributed by atoms with van der Waals surface area (Å²) in [6.07, 6.45) is 0. The lowest BCUT2D eigenvalue weighted by atomic mass is 10.4. The van der Waals surface area contributed by atoms with Crippen LogP contribution in [0.3, 0.4) is 0 Å². The lowest BCUT2D eigenvalue weighted by Gasteiger charge is -2.27. The molecule has 3 heterocycles. The number of morpholine rings is 1. The van der Waals surface area contributed by atoms with E-state index in [2.05, 4.69) is 48.3 Å². The van der Waals surface area contributed by atoms with E-state index in [9.17, 15) is 0 Å². The van der Waals surface area contributed by atoms with Crippen molar-refractivity contribution in [1.82, 2.24) is 18.6 Å². The normalized spacial score (nSPS) is 15.1. The van der Waals surface area contributed by atoms with E-state index in [1.165, 1.54) is 22.4 Å². The first-order valence-electron chi connectivity index (χ1n) is 8.27. The van der Waals surface area contributed by atoms with Gasteiger partial charge in [-0.25, -0.2) is 4.98 Å². The summed E-state index contributed by atoms with van der Waals surface area (Å²) < 4.78 is 14.2. The van der Waals surface area contributed by atoms with E-state index in [4.69, 9.17) is 4.74 Å². The highest BCUT2D eigenvalue weighted by molar-refractivity contribution is 7.98. The second kappa shape index (κ2) is 9.67. The summed E-state index contributed by atoms with van der Waals surface area (Å²) in [5, 5.41) is 6.77. The van der Waals surface area contributed by atoms with Gasteiger partial charge in [0.05, 0.1) is 30.6 Å². The third kappa shape index (κ3) is 5.78. The number of hydrogen-bond donors (Lipinski definition) is 1. The molecule has 0 atom stereocenters. The van der Waals surface area contributed by atoms with Crippen molar-refractivity contribution in [2.75, 3.05) is 62.9 Å². The first-order chi connectivity index (χ1) is 12.2. The molecule has 0 unspecified atom stereocenters. The summed E-state index contributed by atoms with van der Waals surface area (Å²) in [5.74, 6) is 3.83. The van der Waals surface area contributed by atoms with Gasteiger partial charge in [0, 0.05) is 43.1 Å². The second-order valence-electron chi connectivity index (χ2n) is 5.99. The second-order valence-corrected chi connectivity index (χ2v) is 8.56. The van der Waals surface area contributed by atoms with E-state index in [-0.39, 0.29) is 0 Å². The van der Waals surface area contributed by atoms with Gasteiger partial charge in [-0.05, 0) is 14.1 Å². The van der Waals surface area contributed by atoms with Crippen molar-refractivity contribution in [3.05, 3.63) is 16.1 Å². The number of anilines is 2. The van der Waals surface area contributed by atoms with Crippen molar-refractivity contribution in [3.8, 4) is 0 Å². The molecule has 25 heavy (non-hydrogen) atoms. The minimum absolute atomic E-state index is 0.760. The van der Waals surface area contributed by atoms with Gasteiger partial charge in [0.1, 0.15) is 5.01 Å². The Hall–Kier alpha value is -0.940. The van der Waals surface area contributed by atoms with Gasteiger partial charge in [-0.2, -0.15) is 20.5 Å². The maximum Gasteiger partial charge on any atom is 0.187 e. The monoisotopic (exact) mass is 400 g/mol.